The van der Waals surface area contributed by atoms with Crippen LogP contribution >= 0.6 is 0 Å². The summed E-state index contributed by atoms with van der Waals surface area (Å²) in [6.45, 7) is 0.166. The van der Waals surface area contributed by atoms with Gasteiger partial charge in [-0.3, -0.25) is 4.79 Å². The van der Waals surface area contributed by atoms with Crippen LogP contribution in [-0.4, -0.2) is 48.6 Å². The number of rotatable bonds is 6. The molecule has 1 aliphatic heterocycles. The van der Waals surface area contributed by atoms with Crippen LogP contribution in [-0.2, 0) is 19.6 Å². The van der Waals surface area contributed by atoms with E-state index in [4.69, 9.17) is 5.14 Å². The van der Waals surface area contributed by atoms with Crippen LogP contribution in [0.2, 0.25) is 0 Å². The van der Waals surface area contributed by atoms with Gasteiger partial charge in [0.25, 0.3) is 0 Å². The number of hydrogen-bond acceptors (Lipinski definition) is 4. The maximum atomic E-state index is 11.8. The Bertz CT molecular complexity index is 485. The summed E-state index contributed by atoms with van der Waals surface area (Å²) in [4.78, 5) is 24.4. The van der Waals surface area contributed by atoms with Crippen molar-refractivity contribution in [3.05, 3.63) is 0 Å². The van der Waals surface area contributed by atoms with Crippen LogP contribution in [0.4, 0.5) is 0 Å². The Morgan fingerprint density at radius 2 is 2.05 bits per heavy atom. The molecule has 1 saturated heterocycles. The first-order valence-corrected chi connectivity index (χ1v) is 8.00. The molecule has 19 heavy (non-hydrogen) atoms. The summed E-state index contributed by atoms with van der Waals surface area (Å²) in [5.41, 5.74) is 0. The summed E-state index contributed by atoms with van der Waals surface area (Å²) in [6, 6.07) is -0.828. The lowest BCUT2D eigenvalue weighted by atomic mass is 10.1. The monoisotopic (exact) mass is 290 g/mol. The molecule has 108 valence electrons. The number of carboxylic acids is 1. The van der Waals surface area contributed by atoms with Crippen LogP contribution in [0.1, 0.15) is 25.7 Å². The Labute approximate surface area is 111 Å². The fraction of sp³-hybridized carbons (Fsp3) is 0.818. The normalized spacial score (nSPS) is 25.6. The molecule has 1 aliphatic carbocycles. The number of carbonyl (C=O) groups excluding carboxylic acids is 1. The molecule has 3 N–H and O–H groups in total. The van der Waals surface area contributed by atoms with E-state index in [1.807, 2.05) is 0 Å². The van der Waals surface area contributed by atoms with Crippen molar-refractivity contribution in [2.75, 3.05) is 12.3 Å². The van der Waals surface area contributed by atoms with E-state index in [-0.39, 0.29) is 24.6 Å². The molecule has 8 heteroatoms. The molecule has 2 unspecified atom stereocenters. The number of likely N-dealkylation sites (tertiary alicyclic amines) is 1. The second-order valence-electron chi connectivity index (χ2n) is 5.48. The summed E-state index contributed by atoms with van der Waals surface area (Å²) in [5, 5.41) is 14.2. The van der Waals surface area contributed by atoms with Gasteiger partial charge in [-0.2, -0.15) is 0 Å². The number of sulfonamides is 1. The summed E-state index contributed by atoms with van der Waals surface area (Å²) in [5.74, 6) is -1.60. The zero-order chi connectivity index (χ0) is 14.2. The van der Waals surface area contributed by atoms with Gasteiger partial charge in [0.2, 0.25) is 15.9 Å². The van der Waals surface area contributed by atoms with E-state index in [0.29, 0.717) is 12.3 Å². The molecule has 0 aromatic rings. The van der Waals surface area contributed by atoms with Crippen LogP contribution in [0, 0.1) is 11.8 Å². The maximum absolute atomic E-state index is 11.8. The lowest BCUT2D eigenvalue weighted by Gasteiger charge is -2.24. The number of carbonyl (C=O) groups is 2. The highest BCUT2D eigenvalue weighted by atomic mass is 32.2. The van der Waals surface area contributed by atoms with Crippen molar-refractivity contribution in [2.45, 2.75) is 31.7 Å². The minimum Gasteiger partial charge on any atom is -0.480 e. The van der Waals surface area contributed by atoms with Crippen LogP contribution in [0.3, 0.4) is 0 Å². The van der Waals surface area contributed by atoms with Crippen molar-refractivity contribution in [1.29, 1.82) is 0 Å². The molecule has 0 aromatic heterocycles. The van der Waals surface area contributed by atoms with E-state index in [1.165, 1.54) is 4.90 Å². The fourth-order valence-corrected chi connectivity index (χ4v) is 3.46. The van der Waals surface area contributed by atoms with E-state index in [9.17, 15) is 23.1 Å². The fourth-order valence-electron chi connectivity index (χ4n) is 2.58. The van der Waals surface area contributed by atoms with E-state index < -0.39 is 28.0 Å². The summed E-state index contributed by atoms with van der Waals surface area (Å²) < 4.78 is 22.0. The largest absolute Gasteiger partial charge is 0.480 e. The smallest absolute Gasteiger partial charge is 0.326 e. The van der Waals surface area contributed by atoms with Crippen molar-refractivity contribution in [3.63, 3.8) is 0 Å². The number of nitrogens with two attached hydrogens (primary N) is 1. The van der Waals surface area contributed by atoms with Crippen molar-refractivity contribution < 1.29 is 23.1 Å². The third-order valence-electron chi connectivity index (χ3n) is 3.62. The van der Waals surface area contributed by atoms with Gasteiger partial charge in [0.05, 0.1) is 5.75 Å². The van der Waals surface area contributed by atoms with E-state index >= 15 is 0 Å². The SMILES string of the molecule is NS(=O)(=O)CC1CC(=O)N(C(CC2CC2)C(=O)O)C1. The van der Waals surface area contributed by atoms with Crippen molar-refractivity contribution >= 4 is 21.9 Å². The predicted octanol–water partition coefficient (Wildman–Crippen LogP) is -0.623. The average molecular weight is 290 g/mol. The van der Waals surface area contributed by atoms with Gasteiger partial charge in [0.1, 0.15) is 6.04 Å². The quantitative estimate of drug-likeness (QED) is 0.675. The van der Waals surface area contributed by atoms with Gasteiger partial charge >= 0.3 is 5.97 Å². The molecule has 0 bridgehead atoms. The molecular formula is C11H18N2O5S. The Morgan fingerprint density at radius 1 is 1.42 bits per heavy atom. The Hall–Kier alpha value is -1.15. The molecule has 2 fully saturated rings. The summed E-state index contributed by atoms with van der Waals surface area (Å²) in [7, 11) is -3.64. The van der Waals surface area contributed by atoms with Crippen LogP contribution in [0.5, 0.6) is 0 Å². The van der Waals surface area contributed by atoms with Gasteiger partial charge in [-0.25, -0.2) is 18.4 Å². The highest BCUT2D eigenvalue weighted by Crippen LogP contribution is 2.36. The maximum Gasteiger partial charge on any atom is 0.326 e. The van der Waals surface area contributed by atoms with E-state index in [2.05, 4.69) is 0 Å². The summed E-state index contributed by atoms with van der Waals surface area (Å²) in [6.07, 6.45) is 2.53. The van der Waals surface area contributed by atoms with Crippen LogP contribution in [0.15, 0.2) is 0 Å². The molecule has 2 aliphatic rings. The first-order chi connectivity index (χ1) is 8.76. The number of aliphatic carboxylic acids is 1. The topological polar surface area (TPSA) is 118 Å². The van der Waals surface area contributed by atoms with Crippen molar-refractivity contribution in [2.24, 2.45) is 17.0 Å². The second-order valence-corrected chi connectivity index (χ2v) is 7.14. The first kappa shape index (κ1) is 14.3. The van der Waals surface area contributed by atoms with Gasteiger partial charge in [0, 0.05) is 18.9 Å². The van der Waals surface area contributed by atoms with Crippen molar-refractivity contribution in [3.8, 4) is 0 Å². The highest BCUT2D eigenvalue weighted by Gasteiger charge is 2.41. The molecular weight excluding hydrogens is 272 g/mol. The van der Waals surface area contributed by atoms with Crippen molar-refractivity contribution in [1.82, 2.24) is 4.90 Å². The Kier molecular flexibility index (Phi) is 3.82. The first-order valence-electron chi connectivity index (χ1n) is 6.29. The highest BCUT2D eigenvalue weighted by molar-refractivity contribution is 7.89. The predicted molar refractivity (Wildman–Crippen MR) is 66.6 cm³/mol. The summed E-state index contributed by atoms with van der Waals surface area (Å²) >= 11 is 0. The molecule has 0 aromatic carbocycles. The van der Waals surface area contributed by atoms with Gasteiger partial charge < -0.3 is 10.0 Å². The van der Waals surface area contributed by atoms with E-state index in [0.717, 1.165) is 12.8 Å². The number of hydrogen-bond donors (Lipinski definition) is 2. The zero-order valence-electron chi connectivity index (χ0n) is 10.5. The lowest BCUT2D eigenvalue weighted by Crippen LogP contribution is -2.42. The number of primary sulfonamides is 1. The molecule has 1 saturated carbocycles. The molecule has 2 atom stereocenters. The van der Waals surface area contributed by atoms with Gasteiger partial charge in [-0.05, 0) is 12.3 Å². The van der Waals surface area contributed by atoms with Crippen LogP contribution in [0.25, 0.3) is 0 Å². The van der Waals surface area contributed by atoms with Gasteiger partial charge in [-0.15, -0.1) is 0 Å². The number of nitrogens with zero attached hydrogens (tertiary/aromatic N) is 1. The zero-order valence-corrected chi connectivity index (χ0v) is 11.3. The third-order valence-corrected chi connectivity index (χ3v) is 4.56. The molecule has 0 radical (unpaired) electrons. The molecule has 7 nitrogen and oxygen atoms in total. The Morgan fingerprint density at radius 3 is 2.53 bits per heavy atom. The minimum absolute atomic E-state index is 0.0604. The van der Waals surface area contributed by atoms with Crippen LogP contribution < -0.4 is 5.14 Å². The molecule has 1 heterocycles. The molecule has 2 rings (SSSR count). The van der Waals surface area contributed by atoms with Gasteiger partial charge in [-0.1, -0.05) is 12.8 Å². The third kappa shape index (κ3) is 3.90. The number of carboxylic acid groups (broad SMARTS) is 1. The van der Waals surface area contributed by atoms with E-state index in [1.54, 1.807) is 0 Å². The lowest BCUT2D eigenvalue weighted by molar-refractivity contribution is -0.148. The molecule has 1 amide bonds. The Balaban J connectivity index is 2.02. The standard InChI is InChI=1S/C11H18N2O5S/c12-19(17,18)6-8-4-10(14)13(5-8)9(11(15)16)3-7-1-2-7/h7-9H,1-6H2,(H,15,16)(H2,12,17,18). The minimum atomic E-state index is -3.64. The number of amides is 1. The second kappa shape index (κ2) is 5.09. The average Bonchev–Trinajstić information content (AvgIpc) is 2.98. The molecule has 0 spiro atoms. The van der Waals surface area contributed by atoms with Gasteiger partial charge in [0.15, 0.2) is 0 Å².